The number of benzene rings is 2. The van der Waals surface area contributed by atoms with Crippen LogP contribution in [0.1, 0.15) is 29.2 Å². The second-order valence-electron chi connectivity index (χ2n) is 6.43. The van der Waals surface area contributed by atoms with Crippen molar-refractivity contribution in [3.8, 4) is 11.6 Å². The summed E-state index contributed by atoms with van der Waals surface area (Å²) < 4.78 is 1.10. The van der Waals surface area contributed by atoms with Gasteiger partial charge in [-0.1, -0.05) is 48.5 Å². The highest BCUT2D eigenvalue weighted by Gasteiger charge is 2.27. The third-order valence-electron chi connectivity index (χ3n) is 4.69. The van der Waals surface area contributed by atoms with Gasteiger partial charge in [-0.25, -0.2) is 9.36 Å². The molecule has 27 heavy (non-hydrogen) atoms. The van der Waals surface area contributed by atoms with Crippen LogP contribution in [0.2, 0.25) is 0 Å². The number of hydrazone groups is 1. The van der Waals surface area contributed by atoms with Gasteiger partial charge in [0, 0.05) is 6.42 Å². The maximum Gasteiger partial charge on any atom is 0.335 e. The number of para-hydroxylation sites is 1. The van der Waals surface area contributed by atoms with Crippen molar-refractivity contribution in [3.63, 3.8) is 0 Å². The number of aromatic hydroxyl groups is 1. The monoisotopic (exact) mass is 362 g/mol. The number of nitrogens with one attached hydrogen (secondary N) is 2. The average Bonchev–Trinajstić information content (AvgIpc) is 3.13. The average molecular weight is 362 g/mol. The van der Waals surface area contributed by atoms with Crippen LogP contribution in [0.3, 0.4) is 0 Å². The van der Waals surface area contributed by atoms with E-state index in [1.165, 1.54) is 0 Å². The van der Waals surface area contributed by atoms with Crippen LogP contribution in [0.25, 0.3) is 5.69 Å². The van der Waals surface area contributed by atoms with Gasteiger partial charge in [0.15, 0.2) is 0 Å². The lowest BCUT2D eigenvalue weighted by atomic mass is 10.00. The molecular weight excluding hydrogens is 344 g/mol. The third kappa shape index (κ3) is 2.93. The van der Waals surface area contributed by atoms with Gasteiger partial charge in [0.1, 0.15) is 5.56 Å². The highest BCUT2D eigenvalue weighted by molar-refractivity contribution is 6.03. The van der Waals surface area contributed by atoms with E-state index in [0.29, 0.717) is 17.8 Å². The van der Waals surface area contributed by atoms with Gasteiger partial charge in [-0.15, -0.1) is 0 Å². The summed E-state index contributed by atoms with van der Waals surface area (Å²) in [6.07, 6.45) is 0.423. The number of rotatable bonds is 3. The van der Waals surface area contributed by atoms with Crippen LogP contribution in [-0.2, 0) is 0 Å². The van der Waals surface area contributed by atoms with Crippen LogP contribution in [0.15, 0.2) is 69.3 Å². The molecule has 1 aliphatic heterocycles. The Morgan fingerprint density at radius 1 is 1.07 bits per heavy atom. The Morgan fingerprint density at radius 3 is 2.52 bits per heavy atom. The minimum absolute atomic E-state index is 0.00350. The molecular formula is C20H18N4O3. The first-order valence-corrected chi connectivity index (χ1v) is 8.58. The Bertz CT molecular complexity index is 1150. The van der Waals surface area contributed by atoms with Crippen molar-refractivity contribution in [1.29, 1.82) is 0 Å². The molecule has 3 N–H and O–H groups in total. The number of hydrogen-bond acceptors (Lipinski definition) is 5. The highest BCUT2D eigenvalue weighted by Crippen LogP contribution is 2.27. The summed E-state index contributed by atoms with van der Waals surface area (Å²) >= 11 is 0. The van der Waals surface area contributed by atoms with Crippen LogP contribution in [0, 0.1) is 6.92 Å². The lowest BCUT2D eigenvalue weighted by molar-refractivity contribution is 0.429. The third-order valence-corrected chi connectivity index (χ3v) is 4.69. The summed E-state index contributed by atoms with van der Waals surface area (Å²) in [5.74, 6) is -0.410. The molecule has 0 saturated heterocycles. The molecule has 1 aromatic heterocycles. The predicted octanol–water partition coefficient (Wildman–Crippen LogP) is 1.98. The molecule has 7 nitrogen and oxygen atoms in total. The lowest BCUT2D eigenvalue weighted by Crippen LogP contribution is -2.33. The Labute approximate surface area is 154 Å². The highest BCUT2D eigenvalue weighted by atomic mass is 16.3. The van der Waals surface area contributed by atoms with E-state index in [1.54, 1.807) is 12.1 Å². The fourth-order valence-electron chi connectivity index (χ4n) is 3.30. The Hall–Kier alpha value is -3.61. The zero-order chi connectivity index (χ0) is 19.0. The molecule has 0 fully saturated rings. The quantitative estimate of drug-likeness (QED) is 0.663. The minimum Gasteiger partial charge on any atom is -0.493 e. The Morgan fingerprint density at radius 2 is 1.78 bits per heavy atom. The van der Waals surface area contributed by atoms with Gasteiger partial charge in [-0.3, -0.25) is 9.78 Å². The van der Waals surface area contributed by atoms with Gasteiger partial charge in [-0.05, 0) is 24.1 Å². The molecule has 0 spiro atoms. The Kier molecular flexibility index (Phi) is 4.12. The van der Waals surface area contributed by atoms with Crippen molar-refractivity contribution in [3.05, 3.63) is 92.1 Å². The van der Waals surface area contributed by atoms with Crippen molar-refractivity contribution in [2.24, 2.45) is 5.10 Å². The zero-order valence-electron chi connectivity index (χ0n) is 14.6. The second-order valence-corrected chi connectivity index (χ2v) is 6.43. The zero-order valence-corrected chi connectivity index (χ0v) is 14.6. The number of nitrogens with zero attached hydrogens (tertiary/aromatic N) is 2. The number of aromatic amines is 1. The first-order valence-electron chi connectivity index (χ1n) is 8.58. The molecule has 0 saturated carbocycles. The normalized spacial score (nSPS) is 16.0. The van der Waals surface area contributed by atoms with Crippen molar-refractivity contribution >= 4 is 5.71 Å². The van der Waals surface area contributed by atoms with E-state index in [4.69, 9.17) is 0 Å². The number of hydrogen-bond donors (Lipinski definition) is 3. The van der Waals surface area contributed by atoms with Gasteiger partial charge in [0.05, 0.1) is 17.4 Å². The first kappa shape index (κ1) is 16.8. The fourth-order valence-corrected chi connectivity index (χ4v) is 3.30. The van der Waals surface area contributed by atoms with E-state index < -0.39 is 17.1 Å². The Balaban J connectivity index is 1.79. The number of H-pyrrole nitrogens is 1. The molecule has 0 unspecified atom stereocenters. The van der Waals surface area contributed by atoms with Gasteiger partial charge < -0.3 is 10.5 Å². The molecule has 2 aromatic carbocycles. The predicted molar refractivity (Wildman–Crippen MR) is 103 cm³/mol. The van der Waals surface area contributed by atoms with E-state index in [0.717, 1.165) is 15.7 Å². The van der Waals surface area contributed by atoms with Gasteiger partial charge in [-0.2, -0.15) is 5.10 Å². The van der Waals surface area contributed by atoms with Gasteiger partial charge in [0.2, 0.25) is 5.88 Å². The molecule has 3 aromatic rings. The maximum absolute atomic E-state index is 12.4. The smallest absolute Gasteiger partial charge is 0.335 e. The fraction of sp³-hybridized carbons (Fsp3) is 0.150. The van der Waals surface area contributed by atoms with E-state index >= 15 is 0 Å². The van der Waals surface area contributed by atoms with Gasteiger partial charge in [0.25, 0.3) is 5.56 Å². The maximum atomic E-state index is 12.4. The van der Waals surface area contributed by atoms with Crippen LogP contribution in [0.4, 0.5) is 0 Å². The van der Waals surface area contributed by atoms with E-state index in [9.17, 15) is 14.7 Å². The SMILES string of the molecule is Cc1ccccc1-n1c(O)c(C2=NN[C@@H](c3ccccc3)C2)c(=O)[nH]c1=O. The molecule has 0 aliphatic carbocycles. The van der Waals surface area contributed by atoms with Crippen LogP contribution < -0.4 is 16.7 Å². The summed E-state index contributed by atoms with van der Waals surface area (Å²) in [4.78, 5) is 27.1. The molecule has 7 heteroatoms. The van der Waals surface area contributed by atoms with Crippen LogP contribution in [0.5, 0.6) is 5.88 Å². The molecule has 0 bridgehead atoms. The van der Waals surface area contributed by atoms with Crippen molar-refractivity contribution < 1.29 is 5.11 Å². The standard InChI is InChI=1S/C20H18N4O3/c1-12-7-5-6-10-16(12)24-19(26)17(18(25)21-20(24)27)15-11-14(22-23-15)13-8-3-2-4-9-13/h2-10,14,22,26H,11H2,1H3,(H,21,25,27)/t14-/m1/s1. The molecule has 0 amide bonds. The van der Waals surface area contributed by atoms with E-state index in [2.05, 4.69) is 15.5 Å². The molecule has 136 valence electrons. The minimum atomic E-state index is -0.693. The topological polar surface area (TPSA) is 99.5 Å². The van der Waals surface area contributed by atoms with Gasteiger partial charge >= 0.3 is 5.69 Å². The second kappa shape index (κ2) is 6.60. The van der Waals surface area contributed by atoms with Crippen molar-refractivity contribution in [1.82, 2.24) is 15.0 Å². The molecule has 1 atom stereocenters. The van der Waals surface area contributed by atoms with E-state index in [1.807, 2.05) is 49.4 Å². The molecule has 1 aliphatic rings. The largest absolute Gasteiger partial charge is 0.493 e. The first-order chi connectivity index (χ1) is 13.1. The summed E-state index contributed by atoms with van der Waals surface area (Å²) in [6.45, 7) is 1.83. The van der Waals surface area contributed by atoms with Crippen LogP contribution in [-0.4, -0.2) is 20.4 Å². The molecule has 0 radical (unpaired) electrons. The van der Waals surface area contributed by atoms with E-state index in [-0.39, 0.29) is 11.6 Å². The van der Waals surface area contributed by atoms with Crippen LogP contribution >= 0.6 is 0 Å². The number of aryl methyl sites for hydroxylation is 1. The number of aromatic nitrogens is 2. The van der Waals surface area contributed by atoms with Crippen molar-refractivity contribution in [2.75, 3.05) is 0 Å². The van der Waals surface area contributed by atoms with Crippen molar-refractivity contribution in [2.45, 2.75) is 19.4 Å². The molecule has 2 heterocycles. The summed E-state index contributed by atoms with van der Waals surface area (Å²) in [5, 5.41) is 15.0. The summed E-state index contributed by atoms with van der Waals surface area (Å²) in [6, 6.07) is 16.8. The lowest BCUT2D eigenvalue weighted by Gasteiger charge is -2.13. The molecule has 4 rings (SSSR count). The summed E-state index contributed by atoms with van der Waals surface area (Å²) in [7, 11) is 0. The summed E-state index contributed by atoms with van der Waals surface area (Å²) in [5.41, 5.74) is 4.38.